The summed E-state index contributed by atoms with van der Waals surface area (Å²) in [6, 6.07) is 4.00. The number of halogens is 1. The number of primary amides is 1. The van der Waals surface area contributed by atoms with Crippen molar-refractivity contribution < 1.29 is 9.53 Å². The first-order valence-electron chi connectivity index (χ1n) is 10.6. The van der Waals surface area contributed by atoms with Gasteiger partial charge in [0.2, 0.25) is 5.91 Å². The second-order valence-electron chi connectivity index (χ2n) is 7.95. The molecule has 2 fully saturated rings. The second-order valence-corrected chi connectivity index (χ2v) is 7.95. The van der Waals surface area contributed by atoms with Crippen molar-refractivity contribution in [1.29, 1.82) is 0 Å². The van der Waals surface area contributed by atoms with E-state index in [9.17, 15) is 4.79 Å². The number of pyridine rings is 1. The van der Waals surface area contributed by atoms with Crippen molar-refractivity contribution in [3.63, 3.8) is 0 Å². The molecule has 1 aromatic rings. The normalized spacial score (nSPS) is 21.8. The van der Waals surface area contributed by atoms with E-state index in [4.69, 9.17) is 15.5 Å². The van der Waals surface area contributed by atoms with Gasteiger partial charge in [0.25, 0.3) is 0 Å². The molecule has 2 saturated heterocycles. The van der Waals surface area contributed by atoms with Crippen molar-refractivity contribution >= 4 is 41.7 Å². The Hall–Kier alpha value is -1.62. The molecule has 2 atom stereocenters. The average molecular weight is 530 g/mol. The molecule has 8 nitrogen and oxygen atoms in total. The molecule has 30 heavy (non-hydrogen) atoms. The molecule has 0 radical (unpaired) electrons. The lowest BCUT2D eigenvalue weighted by Crippen LogP contribution is -2.42. The van der Waals surface area contributed by atoms with E-state index in [1.54, 1.807) is 6.20 Å². The van der Waals surface area contributed by atoms with Crippen LogP contribution in [0.2, 0.25) is 0 Å². The van der Waals surface area contributed by atoms with Crippen LogP contribution in [0.3, 0.4) is 0 Å². The van der Waals surface area contributed by atoms with Crippen molar-refractivity contribution in [2.24, 2.45) is 22.6 Å². The zero-order valence-corrected chi connectivity index (χ0v) is 20.4. The van der Waals surface area contributed by atoms with Gasteiger partial charge in [-0.15, -0.1) is 24.0 Å². The number of carbonyl (C=O) groups is 1. The lowest BCUT2D eigenvalue weighted by atomic mass is 9.97. The molecule has 2 aliphatic rings. The smallest absolute Gasteiger partial charge is 0.222 e. The van der Waals surface area contributed by atoms with Gasteiger partial charge >= 0.3 is 0 Å². The summed E-state index contributed by atoms with van der Waals surface area (Å²) in [6.45, 7) is 7.56. The van der Waals surface area contributed by atoms with Crippen LogP contribution in [0.5, 0.6) is 0 Å². The van der Waals surface area contributed by atoms with Crippen molar-refractivity contribution in [3.05, 3.63) is 23.9 Å². The number of rotatable bonds is 7. The summed E-state index contributed by atoms with van der Waals surface area (Å²) in [4.78, 5) is 25.5. The standard InChI is InChI=1S/C21H34N6O2.HI/c1-3-23-21(26(2)13-16-8-11-29-15-16)25-12-17-6-4-9-24-20(17)27-10-5-7-18(14-27)19(22)28;/h4,6,9,16,18H,3,5,7-8,10-15H2,1-2H3,(H2,22,28)(H,23,25);1H. The number of nitrogens with two attached hydrogens (primary N) is 1. The number of aliphatic imine (C=N–C) groups is 1. The highest BCUT2D eigenvalue weighted by Gasteiger charge is 2.26. The topological polar surface area (TPSA) is 96.1 Å². The molecule has 0 spiro atoms. The van der Waals surface area contributed by atoms with Gasteiger partial charge in [-0.05, 0) is 32.3 Å². The number of aromatic nitrogens is 1. The Morgan fingerprint density at radius 3 is 3.00 bits per heavy atom. The van der Waals surface area contributed by atoms with E-state index in [0.29, 0.717) is 19.0 Å². The Labute approximate surface area is 196 Å². The Balaban J connectivity index is 0.00000320. The summed E-state index contributed by atoms with van der Waals surface area (Å²) in [5.74, 6) is 2.01. The van der Waals surface area contributed by atoms with Crippen LogP contribution in [0.1, 0.15) is 31.7 Å². The molecular formula is C21H35IN6O2. The van der Waals surface area contributed by atoms with E-state index in [2.05, 4.69) is 40.1 Å². The zero-order chi connectivity index (χ0) is 20.6. The Morgan fingerprint density at radius 1 is 1.47 bits per heavy atom. The highest BCUT2D eigenvalue weighted by atomic mass is 127. The van der Waals surface area contributed by atoms with Crippen LogP contribution in [0.4, 0.5) is 5.82 Å². The fraction of sp³-hybridized carbons (Fsp3) is 0.667. The molecule has 2 unspecified atom stereocenters. The number of ether oxygens (including phenoxy) is 1. The third kappa shape index (κ3) is 6.69. The highest BCUT2D eigenvalue weighted by molar-refractivity contribution is 14.0. The van der Waals surface area contributed by atoms with Gasteiger partial charge in [0.05, 0.1) is 19.1 Å². The molecular weight excluding hydrogens is 495 g/mol. The number of amides is 1. The third-order valence-corrected chi connectivity index (χ3v) is 5.64. The van der Waals surface area contributed by atoms with Gasteiger partial charge < -0.3 is 25.6 Å². The molecule has 0 bridgehead atoms. The van der Waals surface area contributed by atoms with Gasteiger partial charge in [0, 0.05) is 57.5 Å². The van der Waals surface area contributed by atoms with Crippen molar-refractivity contribution in [1.82, 2.24) is 15.2 Å². The second kappa shape index (κ2) is 12.3. The maximum atomic E-state index is 11.7. The molecule has 3 heterocycles. The minimum absolute atomic E-state index is 0. The molecule has 1 aromatic heterocycles. The molecule has 9 heteroatoms. The number of hydrogen-bond acceptors (Lipinski definition) is 5. The number of nitrogens with zero attached hydrogens (tertiary/aromatic N) is 4. The van der Waals surface area contributed by atoms with Gasteiger partial charge in [-0.3, -0.25) is 4.79 Å². The first kappa shape index (κ1) is 24.6. The largest absolute Gasteiger partial charge is 0.381 e. The van der Waals surface area contributed by atoms with Crippen molar-refractivity contribution in [2.75, 3.05) is 51.3 Å². The fourth-order valence-corrected chi connectivity index (χ4v) is 4.07. The quantitative estimate of drug-likeness (QED) is 0.318. The summed E-state index contributed by atoms with van der Waals surface area (Å²) >= 11 is 0. The molecule has 0 saturated carbocycles. The van der Waals surface area contributed by atoms with Gasteiger partial charge in [-0.2, -0.15) is 0 Å². The summed E-state index contributed by atoms with van der Waals surface area (Å²) in [6.07, 6.45) is 4.70. The predicted octanol–water partition coefficient (Wildman–Crippen LogP) is 1.84. The van der Waals surface area contributed by atoms with Crippen LogP contribution in [-0.4, -0.2) is 68.2 Å². The van der Waals surface area contributed by atoms with E-state index in [-0.39, 0.29) is 35.8 Å². The maximum Gasteiger partial charge on any atom is 0.222 e. The minimum Gasteiger partial charge on any atom is -0.381 e. The molecule has 0 aliphatic carbocycles. The van der Waals surface area contributed by atoms with E-state index >= 15 is 0 Å². The van der Waals surface area contributed by atoms with Crippen molar-refractivity contribution in [2.45, 2.75) is 32.7 Å². The van der Waals surface area contributed by atoms with Gasteiger partial charge in [0.1, 0.15) is 5.82 Å². The summed E-state index contributed by atoms with van der Waals surface area (Å²) in [5.41, 5.74) is 6.61. The first-order chi connectivity index (χ1) is 14.1. The van der Waals surface area contributed by atoms with Gasteiger partial charge in [-0.1, -0.05) is 6.07 Å². The van der Waals surface area contributed by atoms with E-state index in [0.717, 1.165) is 69.5 Å². The summed E-state index contributed by atoms with van der Waals surface area (Å²) < 4.78 is 5.50. The van der Waals surface area contributed by atoms with Gasteiger partial charge in [-0.25, -0.2) is 9.98 Å². The molecule has 2 aliphatic heterocycles. The molecule has 168 valence electrons. The number of carbonyl (C=O) groups excluding carboxylic acids is 1. The van der Waals surface area contributed by atoms with E-state index in [1.807, 2.05) is 6.07 Å². The Bertz CT molecular complexity index is 710. The van der Waals surface area contributed by atoms with Crippen LogP contribution in [-0.2, 0) is 16.1 Å². The van der Waals surface area contributed by atoms with Crippen LogP contribution in [0, 0.1) is 11.8 Å². The van der Waals surface area contributed by atoms with Crippen LogP contribution in [0.25, 0.3) is 0 Å². The number of anilines is 1. The van der Waals surface area contributed by atoms with Crippen LogP contribution in [0.15, 0.2) is 23.3 Å². The third-order valence-electron chi connectivity index (χ3n) is 5.64. The van der Waals surface area contributed by atoms with Crippen molar-refractivity contribution in [3.8, 4) is 0 Å². The van der Waals surface area contributed by atoms with E-state index < -0.39 is 0 Å². The maximum absolute atomic E-state index is 11.7. The number of hydrogen-bond donors (Lipinski definition) is 2. The SMILES string of the molecule is CCNC(=NCc1cccnc1N1CCCC(C(N)=O)C1)N(C)CC1CCOC1.I. The van der Waals surface area contributed by atoms with E-state index in [1.165, 1.54) is 0 Å². The number of nitrogens with one attached hydrogen (secondary N) is 1. The molecule has 3 N–H and O–H groups in total. The van der Waals surface area contributed by atoms with Crippen LogP contribution < -0.4 is 16.0 Å². The van der Waals surface area contributed by atoms with Crippen LogP contribution >= 0.6 is 24.0 Å². The summed E-state index contributed by atoms with van der Waals surface area (Å²) in [5, 5.41) is 3.39. The molecule has 1 amide bonds. The number of guanidine groups is 1. The monoisotopic (exact) mass is 530 g/mol. The highest BCUT2D eigenvalue weighted by Crippen LogP contribution is 2.25. The fourth-order valence-electron chi connectivity index (χ4n) is 4.07. The predicted molar refractivity (Wildman–Crippen MR) is 130 cm³/mol. The lowest BCUT2D eigenvalue weighted by molar-refractivity contribution is -0.122. The Morgan fingerprint density at radius 2 is 2.30 bits per heavy atom. The molecule has 3 rings (SSSR count). The van der Waals surface area contributed by atoms with Gasteiger partial charge in [0.15, 0.2) is 5.96 Å². The average Bonchev–Trinajstić information content (AvgIpc) is 3.24. The number of piperidine rings is 1. The molecule has 0 aromatic carbocycles. The minimum atomic E-state index is -0.225. The summed E-state index contributed by atoms with van der Waals surface area (Å²) in [7, 11) is 2.08. The zero-order valence-electron chi connectivity index (χ0n) is 18.0. The Kier molecular flexibility index (Phi) is 10.1. The first-order valence-corrected chi connectivity index (χ1v) is 10.6. The lowest BCUT2D eigenvalue weighted by Gasteiger charge is -2.33.